The first-order valence-corrected chi connectivity index (χ1v) is 9.03. The van der Waals surface area contributed by atoms with E-state index in [0.29, 0.717) is 31.1 Å². The summed E-state index contributed by atoms with van der Waals surface area (Å²) in [6, 6.07) is 5.68. The molecular formula is C16H21N3O2S. The van der Waals surface area contributed by atoms with Gasteiger partial charge in [-0.1, -0.05) is 26.0 Å². The lowest BCUT2D eigenvalue weighted by molar-refractivity contribution is 0.360. The van der Waals surface area contributed by atoms with Crippen molar-refractivity contribution in [2.75, 3.05) is 26.2 Å². The highest BCUT2D eigenvalue weighted by Crippen LogP contribution is 2.33. The molecule has 1 aliphatic rings. The van der Waals surface area contributed by atoms with Crippen molar-refractivity contribution >= 4 is 20.8 Å². The van der Waals surface area contributed by atoms with Gasteiger partial charge in [-0.2, -0.15) is 4.31 Å². The molecular weight excluding hydrogens is 298 g/mol. The Balaban J connectivity index is 2.25. The van der Waals surface area contributed by atoms with Crippen molar-refractivity contribution in [3.63, 3.8) is 0 Å². The zero-order valence-electron chi connectivity index (χ0n) is 12.9. The highest BCUT2D eigenvalue weighted by atomic mass is 32.2. The van der Waals surface area contributed by atoms with E-state index in [1.165, 1.54) is 0 Å². The maximum Gasteiger partial charge on any atom is 0.244 e. The summed E-state index contributed by atoms with van der Waals surface area (Å²) in [6.07, 6.45) is 3.37. The van der Waals surface area contributed by atoms with Crippen LogP contribution in [0.1, 0.15) is 25.3 Å². The Morgan fingerprint density at radius 2 is 1.91 bits per heavy atom. The quantitative estimate of drug-likeness (QED) is 0.939. The molecule has 5 nitrogen and oxygen atoms in total. The molecule has 22 heavy (non-hydrogen) atoms. The second-order valence-electron chi connectivity index (χ2n) is 5.89. The molecule has 2 aromatic rings. The second kappa shape index (κ2) is 5.95. The highest BCUT2D eigenvalue weighted by Gasteiger charge is 2.30. The number of piperazine rings is 1. The van der Waals surface area contributed by atoms with E-state index in [4.69, 9.17) is 0 Å². The number of nitrogens with zero attached hydrogens (tertiary/aromatic N) is 2. The third-order valence-electron chi connectivity index (χ3n) is 4.10. The van der Waals surface area contributed by atoms with Gasteiger partial charge >= 0.3 is 0 Å². The van der Waals surface area contributed by atoms with Crippen LogP contribution in [0.5, 0.6) is 0 Å². The van der Waals surface area contributed by atoms with Crippen LogP contribution in [0.4, 0.5) is 0 Å². The van der Waals surface area contributed by atoms with Crippen molar-refractivity contribution in [2.45, 2.75) is 24.7 Å². The van der Waals surface area contributed by atoms with E-state index in [1.54, 1.807) is 22.8 Å². The molecule has 0 amide bonds. The molecule has 1 saturated heterocycles. The van der Waals surface area contributed by atoms with Crippen LogP contribution in [0.25, 0.3) is 10.8 Å². The number of aromatic nitrogens is 1. The minimum Gasteiger partial charge on any atom is -0.314 e. The van der Waals surface area contributed by atoms with Crippen LogP contribution >= 0.6 is 0 Å². The molecule has 6 heteroatoms. The maximum atomic E-state index is 13.2. The van der Waals surface area contributed by atoms with Crippen molar-refractivity contribution in [3.8, 4) is 0 Å². The number of rotatable bonds is 3. The summed E-state index contributed by atoms with van der Waals surface area (Å²) < 4.78 is 28.0. The lowest BCUT2D eigenvalue weighted by Gasteiger charge is -2.28. The van der Waals surface area contributed by atoms with Crippen molar-refractivity contribution in [1.82, 2.24) is 14.6 Å². The Kier molecular flexibility index (Phi) is 4.16. The summed E-state index contributed by atoms with van der Waals surface area (Å²) in [7, 11) is -3.50. The fraction of sp³-hybridized carbons (Fsp3) is 0.438. The van der Waals surface area contributed by atoms with Crippen LogP contribution in [0.2, 0.25) is 0 Å². The van der Waals surface area contributed by atoms with Crippen LogP contribution in [0, 0.1) is 0 Å². The fourth-order valence-electron chi connectivity index (χ4n) is 2.91. The molecule has 1 fully saturated rings. The van der Waals surface area contributed by atoms with E-state index >= 15 is 0 Å². The van der Waals surface area contributed by atoms with Gasteiger partial charge in [0.15, 0.2) is 0 Å². The monoisotopic (exact) mass is 319 g/mol. The van der Waals surface area contributed by atoms with Gasteiger partial charge in [0, 0.05) is 49.3 Å². The number of sulfonamides is 1. The summed E-state index contributed by atoms with van der Waals surface area (Å²) in [5.74, 6) is 0.144. The van der Waals surface area contributed by atoms with Crippen molar-refractivity contribution in [3.05, 3.63) is 36.2 Å². The second-order valence-corrected chi connectivity index (χ2v) is 7.76. The van der Waals surface area contributed by atoms with E-state index in [2.05, 4.69) is 10.3 Å². The fourth-order valence-corrected chi connectivity index (χ4v) is 4.90. The Morgan fingerprint density at radius 1 is 1.18 bits per heavy atom. The SMILES string of the molecule is CC(C)c1ccc2cnccc2c1S(=O)(=O)N1CCNCC1. The maximum absolute atomic E-state index is 13.2. The number of benzene rings is 1. The van der Waals surface area contributed by atoms with Gasteiger partial charge in [-0.05, 0) is 17.5 Å². The summed E-state index contributed by atoms with van der Waals surface area (Å²) in [6.45, 7) is 6.48. The molecule has 0 saturated carbocycles. The Labute approximate surface area is 131 Å². The van der Waals surface area contributed by atoms with Crippen LogP contribution in [-0.2, 0) is 10.0 Å². The average Bonchev–Trinajstić information content (AvgIpc) is 2.54. The minimum atomic E-state index is -3.50. The van der Waals surface area contributed by atoms with Gasteiger partial charge in [-0.15, -0.1) is 0 Å². The standard InChI is InChI=1S/C16H21N3O2S/c1-12(2)14-4-3-13-11-18-6-5-15(13)16(14)22(20,21)19-9-7-17-8-10-19/h3-6,11-12,17H,7-10H2,1-2H3. The summed E-state index contributed by atoms with van der Waals surface area (Å²) in [4.78, 5) is 4.55. The lowest BCUT2D eigenvalue weighted by Crippen LogP contribution is -2.46. The molecule has 0 bridgehead atoms. The molecule has 1 aliphatic heterocycles. The Bertz CT molecular complexity index is 781. The first-order chi connectivity index (χ1) is 10.5. The normalized spacial score (nSPS) is 17.2. The topological polar surface area (TPSA) is 62.3 Å². The molecule has 1 N–H and O–H groups in total. The van der Waals surface area contributed by atoms with Crippen molar-refractivity contribution in [1.29, 1.82) is 0 Å². The molecule has 1 aromatic heterocycles. The molecule has 0 radical (unpaired) electrons. The number of nitrogens with one attached hydrogen (secondary N) is 1. The van der Waals surface area contributed by atoms with E-state index in [1.807, 2.05) is 26.0 Å². The first-order valence-electron chi connectivity index (χ1n) is 7.59. The van der Waals surface area contributed by atoms with Crippen LogP contribution < -0.4 is 5.32 Å². The predicted octanol–water partition coefficient (Wildman–Crippen LogP) is 1.95. The number of pyridine rings is 1. The predicted molar refractivity (Wildman–Crippen MR) is 87.5 cm³/mol. The lowest BCUT2D eigenvalue weighted by atomic mass is 10.00. The van der Waals surface area contributed by atoms with E-state index in [0.717, 1.165) is 16.3 Å². The summed E-state index contributed by atoms with van der Waals surface area (Å²) in [5, 5.41) is 4.82. The van der Waals surface area contributed by atoms with Gasteiger partial charge in [0.25, 0.3) is 0 Å². The van der Waals surface area contributed by atoms with E-state index in [9.17, 15) is 8.42 Å². The third-order valence-corrected chi connectivity index (χ3v) is 6.11. The smallest absolute Gasteiger partial charge is 0.244 e. The Morgan fingerprint density at radius 3 is 2.59 bits per heavy atom. The van der Waals surface area contributed by atoms with Crippen molar-refractivity contribution < 1.29 is 8.42 Å². The summed E-state index contributed by atoms with van der Waals surface area (Å²) in [5.41, 5.74) is 0.872. The molecule has 118 valence electrons. The molecule has 0 unspecified atom stereocenters. The average molecular weight is 319 g/mol. The van der Waals surface area contributed by atoms with Gasteiger partial charge in [0.1, 0.15) is 0 Å². The van der Waals surface area contributed by atoms with Crippen LogP contribution in [-0.4, -0.2) is 43.9 Å². The number of hydrogen-bond donors (Lipinski definition) is 1. The van der Waals surface area contributed by atoms with E-state index in [-0.39, 0.29) is 5.92 Å². The van der Waals surface area contributed by atoms with Crippen LogP contribution in [0.3, 0.4) is 0 Å². The molecule has 0 atom stereocenters. The first kappa shape index (κ1) is 15.4. The Hall–Kier alpha value is -1.50. The van der Waals surface area contributed by atoms with E-state index < -0.39 is 10.0 Å². The largest absolute Gasteiger partial charge is 0.314 e. The van der Waals surface area contributed by atoms with Gasteiger partial charge in [0.2, 0.25) is 10.0 Å². The number of fused-ring (bicyclic) bond motifs is 1. The molecule has 2 heterocycles. The van der Waals surface area contributed by atoms with Gasteiger partial charge in [-0.3, -0.25) is 4.98 Å². The van der Waals surface area contributed by atoms with Gasteiger partial charge < -0.3 is 5.32 Å². The van der Waals surface area contributed by atoms with Gasteiger partial charge in [0.05, 0.1) is 4.90 Å². The zero-order valence-corrected chi connectivity index (χ0v) is 13.7. The van der Waals surface area contributed by atoms with Gasteiger partial charge in [-0.25, -0.2) is 8.42 Å². The minimum absolute atomic E-state index is 0.144. The molecule has 0 aliphatic carbocycles. The van der Waals surface area contributed by atoms with Crippen LogP contribution in [0.15, 0.2) is 35.5 Å². The number of hydrogen-bond acceptors (Lipinski definition) is 4. The molecule has 3 rings (SSSR count). The zero-order chi connectivity index (χ0) is 15.7. The third kappa shape index (κ3) is 2.62. The van der Waals surface area contributed by atoms with Crippen molar-refractivity contribution in [2.24, 2.45) is 0 Å². The molecule has 0 spiro atoms. The summed E-state index contributed by atoms with van der Waals surface area (Å²) >= 11 is 0. The molecule has 1 aromatic carbocycles. The highest BCUT2D eigenvalue weighted by molar-refractivity contribution is 7.89.